The Morgan fingerprint density at radius 1 is 0.194 bits per heavy atom. The molecule has 6 aromatic heterocycles. The molecule has 0 N–H and O–H groups in total. The molecule has 0 atom stereocenters. The van der Waals surface area contributed by atoms with Crippen molar-refractivity contribution in [2.45, 2.75) is 110 Å². The minimum atomic E-state index is 0.569. The van der Waals surface area contributed by atoms with Crippen LogP contribution in [0, 0.1) is 120 Å². The number of nitriles is 2. The van der Waals surface area contributed by atoms with E-state index in [4.69, 9.17) is 9.97 Å². The monoisotopic (exact) mass is 1850 g/mol. The Kier molecular flexibility index (Phi) is 21.9. The van der Waals surface area contributed by atoms with Crippen LogP contribution in [0.2, 0.25) is 0 Å². The van der Waals surface area contributed by atoms with Gasteiger partial charge in [0.05, 0.1) is 115 Å². The number of hydrogen-bond acceptors (Lipinski definition) is 4. The van der Waals surface area contributed by atoms with Crippen LogP contribution in [0.4, 0.5) is 0 Å². The summed E-state index contributed by atoms with van der Waals surface area (Å²) < 4.78 is 9.75. The molecule has 18 aromatic carbocycles. The molecule has 0 fully saturated rings. The average Bonchev–Trinajstić information content (AvgIpc) is 1.56. The number of pyridine rings is 2. The van der Waals surface area contributed by atoms with Crippen molar-refractivity contribution in [1.29, 1.82) is 10.5 Å². The average molecular weight is 1850 g/mol. The van der Waals surface area contributed by atoms with Crippen molar-refractivity contribution in [2.24, 2.45) is 0 Å². The lowest BCUT2D eigenvalue weighted by Gasteiger charge is -2.20. The Morgan fingerprint density at radius 2 is 0.417 bits per heavy atom. The third-order valence-electron chi connectivity index (χ3n) is 30.5. The molecule has 0 radical (unpaired) electrons. The van der Waals surface area contributed by atoms with Gasteiger partial charge >= 0.3 is 0 Å². The van der Waals surface area contributed by atoms with Crippen LogP contribution in [0.1, 0.15) is 100 Å². The molecular formula is C136H106N8. The molecule has 0 aliphatic heterocycles. The van der Waals surface area contributed by atoms with Gasteiger partial charge in [-0.1, -0.05) is 276 Å². The van der Waals surface area contributed by atoms with Gasteiger partial charge < -0.3 is 18.3 Å². The summed E-state index contributed by atoms with van der Waals surface area (Å²) in [5.41, 5.74) is 55.1. The summed E-state index contributed by atoms with van der Waals surface area (Å²) >= 11 is 0. The van der Waals surface area contributed by atoms with Crippen molar-refractivity contribution in [2.75, 3.05) is 0 Å². The second kappa shape index (κ2) is 35.3. The van der Waals surface area contributed by atoms with Crippen molar-refractivity contribution in [3.63, 3.8) is 0 Å². The van der Waals surface area contributed by atoms with E-state index < -0.39 is 0 Å². The summed E-state index contributed by atoms with van der Waals surface area (Å²) in [7, 11) is 0. The Balaban J connectivity index is 0.608. The van der Waals surface area contributed by atoms with Gasteiger partial charge in [0.25, 0.3) is 0 Å². The molecule has 690 valence electrons. The van der Waals surface area contributed by atoms with Gasteiger partial charge in [0.2, 0.25) is 0 Å². The van der Waals surface area contributed by atoms with Gasteiger partial charge in [0, 0.05) is 54.2 Å². The van der Waals surface area contributed by atoms with E-state index in [0.717, 1.165) is 195 Å². The number of nitrogens with zero attached hydrogens (tertiary/aromatic N) is 8. The van der Waals surface area contributed by atoms with E-state index in [2.05, 4.69) is 437 Å². The molecular weight excluding hydrogens is 1750 g/mol. The summed E-state index contributed by atoms with van der Waals surface area (Å²) in [6, 6.07) is 132. The van der Waals surface area contributed by atoms with Crippen LogP contribution >= 0.6 is 0 Å². The SMILES string of the molecule is Cc1ccc(-c2ccc3c(c2)c2cc(-c4ccc(C)cc4C)ccc2n3-c2cncc(-n3c4ccc(-c5ccc(C)cc5C)cc4c4cc(-c5ccc(CCc6ccc(-c7ccc8c9ccc(-c%10ccc(C)cc%10C)cc9n(-c9cncc(-n%10c%11cc(-c%12ccc(C)cc%12C)ccc%11c%11ccc(-c%12ccc(C)cc%12C)cc%11%10)c9-c9cccc(C#N)c9)c8c7)c(C)c6)cc5C)ccc43)c2-c2cccc(C#N)c2)c(C)c1. The van der Waals surface area contributed by atoms with Gasteiger partial charge in [-0.25, -0.2) is 0 Å². The van der Waals surface area contributed by atoms with Crippen molar-refractivity contribution < 1.29 is 0 Å². The fourth-order valence-electron chi connectivity index (χ4n) is 23.6. The van der Waals surface area contributed by atoms with Crippen LogP contribution in [0.5, 0.6) is 0 Å². The number of aromatic nitrogens is 6. The maximum Gasteiger partial charge on any atom is 0.0991 e. The number of aryl methyl sites for hydroxylation is 16. The van der Waals surface area contributed by atoms with Gasteiger partial charge in [-0.15, -0.1) is 0 Å². The van der Waals surface area contributed by atoms with E-state index in [0.29, 0.717) is 11.1 Å². The van der Waals surface area contributed by atoms with E-state index in [9.17, 15) is 10.5 Å². The largest absolute Gasteiger partial charge is 0.307 e. The minimum Gasteiger partial charge on any atom is -0.307 e. The second-order valence-corrected chi connectivity index (χ2v) is 40.4. The van der Waals surface area contributed by atoms with E-state index in [1.165, 1.54) is 128 Å². The minimum absolute atomic E-state index is 0.569. The molecule has 0 amide bonds. The molecule has 0 saturated carbocycles. The Bertz CT molecular complexity index is 9450. The van der Waals surface area contributed by atoms with E-state index >= 15 is 0 Å². The molecule has 24 rings (SSSR count). The van der Waals surface area contributed by atoms with Gasteiger partial charge in [0.15, 0.2) is 0 Å². The highest BCUT2D eigenvalue weighted by Crippen LogP contribution is 2.50. The van der Waals surface area contributed by atoms with Crippen molar-refractivity contribution >= 4 is 87.2 Å². The predicted molar refractivity (Wildman–Crippen MR) is 603 cm³/mol. The molecule has 0 unspecified atom stereocenters. The zero-order valence-corrected chi connectivity index (χ0v) is 83.6. The Labute approximate surface area is 840 Å². The normalized spacial score (nSPS) is 11.7. The highest BCUT2D eigenvalue weighted by molar-refractivity contribution is 6.17. The molecule has 0 saturated heterocycles. The first-order chi connectivity index (χ1) is 70.0. The molecule has 144 heavy (non-hydrogen) atoms. The fourth-order valence-corrected chi connectivity index (χ4v) is 23.6. The molecule has 0 bridgehead atoms. The van der Waals surface area contributed by atoms with Gasteiger partial charge in [-0.2, -0.15) is 10.5 Å². The van der Waals surface area contributed by atoms with Gasteiger partial charge in [-0.05, 0) is 363 Å². The zero-order chi connectivity index (χ0) is 98.5. The molecule has 24 aromatic rings. The first-order valence-electron chi connectivity index (χ1n) is 50.0. The summed E-state index contributed by atoms with van der Waals surface area (Å²) in [5.74, 6) is 0. The van der Waals surface area contributed by atoms with E-state index in [1.807, 2.05) is 55.1 Å². The maximum atomic E-state index is 10.9. The third-order valence-corrected chi connectivity index (χ3v) is 30.5. The lowest BCUT2D eigenvalue weighted by molar-refractivity contribution is 0.956. The number of hydrogen-bond donors (Lipinski definition) is 0. The first-order valence-corrected chi connectivity index (χ1v) is 50.0. The molecule has 0 spiro atoms. The lowest BCUT2D eigenvalue weighted by atomic mass is 9.93. The topological polar surface area (TPSA) is 93.1 Å². The van der Waals surface area contributed by atoms with Crippen LogP contribution in [-0.4, -0.2) is 28.2 Å². The molecule has 8 nitrogen and oxygen atoms in total. The molecule has 8 heteroatoms. The molecule has 0 aliphatic carbocycles. The van der Waals surface area contributed by atoms with Gasteiger partial charge in [0.1, 0.15) is 0 Å². The molecule has 6 heterocycles. The Morgan fingerprint density at radius 3 is 0.653 bits per heavy atom. The highest BCUT2D eigenvalue weighted by atomic mass is 15.1. The van der Waals surface area contributed by atoms with Crippen molar-refractivity contribution in [3.8, 4) is 146 Å². The van der Waals surface area contributed by atoms with Crippen LogP contribution in [0.15, 0.2) is 365 Å². The van der Waals surface area contributed by atoms with Crippen molar-refractivity contribution in [3.05, 3.63) is 465 Å². The number of rotatable bonds is 17. The standard InChI is InChI=1S/C136H106N8/c1-79-21-39-107(85(7)55-79)97-35-51-123-119(65-97)120-66-98(108-40-22-80(2)56-86(108)8)36-52-124(120)141(123)131-75-139-76-132(135(131)105-19-15-17-95(63-105)73-137)142-125-53-37-99(109-41-23-81(3)57-87(109)9)67-121(125)122-68-100(38-54-126(122)142)113-45-29-93(61-91(113)13)27-28-94-30-46-114(92(14)62-94)104-34-50-118-117-49-33-103(112-44-26-84(6)60-90(112)12)71-129(117)144(130(118)72-104)134-78-140-77-133(136(134)106-20-16-18-96(64-106)74-138)143-127-69-101(110-42-24-82(4)58-88(110)10)31-47-115(127)116-48-32-102(70-128(116)143)111-43-25-83(5)59-89(111)11/h15-26,29-72,75-78H,27-28H2,1-14H3. The first kappa shape index (κ1) is 89.1. The quantitative estimate of drug-likeness (QED) is 0.0908. The van der Waals surface area contributed by atoms with Crippen LogP contribution in [0.3, 0.4) is 0 Å². The smallest absolute Gasteiger partial charge is 0.0991 e. The summed E-state index contributed by atoms with van der Waals surface area (Å²) in [5, 5.41) is 30.7. The number of fused-ring (bicyclic) bond motifs is 12. The summed E-state index contributed by atoms with van der Waals surface area (Å²) in [6.07, 6.45) is 9.86. The summed E-state index contributed by atoms with van der Waals surface area (Å²) in [4.78, 5) is 10.7. The predicted octanol–water partition coefficient (Wildman–Crippen LogP) is 35.4. The van der Waals surface area contributed by atoms with Crippen molar-refractivity contribution in [1.82, 2.24) is 28.2 Å². The summed E-state index contributed by atoms with van der Waals surface area (Å²) in [6.45, 7) is 30.8. The fraction of sp³-hybridized carbons (Fsp3) is 0.118. The number of benzene rings is 18. The zero-order valence-electron chi connectivity index (χ0n) is 83.6. The Hall–Kier alpha value is -17.6. The molecule has 0 aliphatic rings. The van der Waals surface area contributed by atoms with Crippen LogP contribution in [-0.2, 0) is 12.8 Å². The highest BCUT2D eigenvalue weighted by Gasteiger charge is 2.30. The second-order valence-electron chi connectivity index (χ2n) is 40.4. The third kappa shape index (κ3) is 15.4. The van der Waals surface area contributed by atoms with Gasteiger partial charge in [-0.3, -0.25) is 9.97 Å². The van der Waals surface area contributed by atoms with E-state index in [-0.39, 0.29) is 0 Å². The van der Waals surface area contributed by atoms with Crippen LogP contribution in [0.25, 0.3) is 221 Å². The van der Waals surface area contributed by atoms with E-state index in [1.54, 1.807) is 0 Å². The maximum absolute atomic E-state index is 10.9. The lowest BCUT2D eigenvalue weighted by Crippen LogP contribution is -2.05. The van der Waals surface area contributed by atoms with Crippen LogP contribution < -0.4 is 0 Å².